The summed E-state index contributed by atoms with van der Waals surface area (Å²) in [6.07, 6.45) is 0. The van der Waals surface area contributed by atoms with E-state index in [4.69, 9.17) is 4.99 Å². The second kappa shape index (κ2) is 5.03. The zero-order valence-electron chi connectivity index (χ0n) is 13.4. The predicted octanol–water partition coefficient (Wildman–Crippen LogP) is 4.64. The third-order valence-electron chi connectivity index (χ3n) is 4.47. The topological polar surface area (TPSA) is 30.2 Å². The first-order valence-electron chi connectivity index (χ1n) is 7.74. The number of aliphatic imine (C=N–C) groups is 1. The van der Waals surface area contributed by atoms with Crippen LogP contribution in [0.4, 0.5) is 0 Å². The first-order valence-corrected chi connectivity index (χ1v) is 8.66. The van der Waals surface area contributed by atoms with Crippen LogP contribution in [-0.2, 0) is 7.05 Å². The Bertz CT molecular complexity index is 937. The number of rotatable bonds is 1. The van der Waals surface area contributed by atoms with Gasteiger partial charge in [0.05, 0.1) is 27.3 Å². The standard InChI is InChI=1S/C19H18BrN3/c1-19(2)18(20)13-9-5-4-8-12(13)16(21-19)17-14-10-6-7-11-15(14)22-23(17)3/h4-11,18H,1-3H3. The molecule has 0 saturated carbocycles. The van der Waals surface area contributed by atoms with Crippen molar-refractivity contribution in [2.24, 2.45) is 12.0 Å². The van der Waals surface area contributed by atoms with E-state index in [9.17, 15) is 0 Å². The van der Waals surface area contributed by atoms with E-state index in [2.05, 4.69) is 71.3 Å². The second-order valence-corrected chi connectivity index (χ2v) is 7.47. The maximum atomic E-state index is 5.10. The summed E-state index contributed by atoms with van der Waals surface area (Å²) >= 11 is 3.84. The van der Waals surface area contributed by atoms with Crippen LogP contribution >= 0.6 is 15.9 Å². The third-order valence-corrected chi connectivity index (χ3v) is 6.09. The summed E-state index contributed by atoms with van der Waals surface area (Å²) in [7, 11) is 1.99. The highest BCUT2D eigenvalue weighted by Gasteiger charge is 2.36. The van der Waals surface area contributed by atoms with Crippen molar-refractivity contribution in [1.82, 2.24) is 9.78 Å². The van der Waals surface area contributed by atoms with Crippen molar-refractivity contribution in [3.8, 4) is 0 Å². The lowest BCUT2D eigenvalue weighted by Crippen LogP contribution is -2.32. The Kier molecular flexibility index (Phi) is 3.20. The van der Waals surface area contributed by atoms with Gasteiger partial charge >= 0.3 is 0 Å². The van der Waals surface area contributed by atoms with Crippen LogP contribution in [0.5, 0.6) is 0 Å². The van der Waals surface area contributed by atoms with Crippen LogP contribution in [0.1, 0.15) is 35.5 Å². The molecule has 116 valence electrons. The summed E-state index contributed by atoms with van der Waals surface area (Å²) in [6.45, 7) is 4.34. The fraction of sp³-hybridized carbons (Fsp3) is 0.263. The van der Waals surface area contributed by atoms with Crippen molar-refractivity contribution >= 4 is 32.5 Å². The average Bonchev–Trinajstić information content (AvgIpc) is 2.87. The molecule has 3 nitrogen and oxygen atoms in total. The summed E-state index contributed by atoms with van der Waals surface area (Å²) in [5.41, 5.74) is 5.37. The number of hydrogen-bond acceptors (Lipinski definition) is 2. The molecule has 23 heavy (non-hydrogen) atoms. The average molecular weight is 368 g/mol. The summed E-state index contributed by atoms with van der Waals surface area (Å²) in [6, 6.07) is 16.7. The number of nitrogens with zero attached hydrogens (tertiary/aromatic N) is 3. The Balaban J connectivity index is 2.06. The van der Waals surface area contributed by atoms with Crippen molar-refractivity contribution < 1.29 is 0 Å². The van der Waals surface area contributed by atoms with Crippen LogP contribution in [0.15, 0.2) is 53.5 Å². The quantitative estimate of drug-likeness (QED) is 0.576. The van der Waals surface area contributed by atoms with Crippen LogP contribution in [0.3, 0.4) is 0 Å². The van der Waals surface area contributed by atoms with Gasteiger partial charge in [0.15, 0.2) is 0 Å². The van der Waals surface area contributed by atoms with Crippen LogP contribution in [0.2, 0.25) is 0 Å². The Labute approximate surface area is 144 Å². The Morgan fingerprint density at radius 3 is 2.57 bits per heavy atom. The highest BCUT2D eigenvalue weighted by atomic mass is 79.9. The first-order chi connectivity index (χ1) is 11.0. The molecule has 4 heteroatoms. The van der Waals surface area contributed by atoms with Gasteiger partial charge in [0.25, 0.3) is 0 Å². The van der Waals surface area contributed by atoms with Gasteiger partial charge in [-0.15, -0.1) is 0 Å². The number of aryl methyl sites for hydroxylation is 1. The number of hydrogen-bond donors (Lipinski definition) is 0. The van der Waals surface area contributed by atoms with E-state index < -0.39 is 0 Å². The van der Waals surface area contributed by atoms with E-state index in [1.54, 1.807) is 0 Å². The molecule has 0 aliphatic carbocycles. The van der Waals surface area contributed by atoms with E-state index in [1.165, 1.54) is 11.1 Å². The van der Waals surface area contributed by atoms with Crippen LogP contribution < -0.4 is 0 Å². The van der Waals surface area contributed by atoms with E-state index in [-0.39, 0.29) is 10.4 Å². The molecular formula is C19H18BrN3. The van der Waals surface area contributed by atoms with Crippen molar-refractivity contribution in [1.29, 1.82) is 0 Å². The minimum atomic E-state index is -0.213. The molecule has 1 aliphatic heterocycles. The Hall–Kier alpha value is -1.94. The van der Waals surface area contributed by atoms with Crippen molar-refractivity contribution in [3.05, 3.63) is 65.4 Å². The van der Waals surface area contributed by atoms with Gasteiger partial charge in [0.1, 0.15) is 0 Å². The van der Waals surface area contributed by atoms with Gasteiger partial charge in [-0.3, -0.25) is 9.67 Å². The lowest BCUT2D eigenvalue weighted by atomic mass is 9.85. The second-order valence-electron chi connectivity index (χ2n) is 6.55. The largest absolute Gasteiger partial charge is 0.275 e. The Morgan fingerprint density at radius 2 is 1.74 bits per heavy atom. The maximum Gasteiger partial charge on any atom is 0.0944 e. The molecule has 0 spiro atoms. The van der Waals surface area contributed by atoms with E-state index >= 15 is 0 Å². The molecule has 3 aromatic rings. The summed E-state index contributed by atoms with van der Waals surface area (Å²) < 4.78 is 1.95. The van der Waals surface area contributed by atoms with Crippen molar-refractivity contribution in [2.45, 2.75) is 24.2 Å². The molecule has 0 saturated heterocycles. The zero-order valence-corrected chi connectivity index (χ0v) is 15.0. The molecule has 0 bridgehead atoms. The van der Waals surface area contributed by atoms with Gasteiger partial charge in [-0.2, -0.15) is 5.10 Å². The number of fused-ring (bicyclic) bond motifs is 2. The molecule has 1 aliphatic rings. The van der Waals surface area contributed by atoms with E-state index in [1.807, 2.05) is 23.9 Å². The minimum Gasteiger partial charge on any atom is -0.275 e. The van der Waals surface area contributed by atoms with Crippen LogP contribution in [0.25, 0.3) is 10.9 Å². The highest BCUT2D eigenvalue weighted by Crippen LogP contribution is 2.43. The SMILES string of the molecule is Cn1nc2ccccc2c1C1=NC(C)(C)C(Br)c2ccccc21. The molecule has 0 N–H and O–H groups in total. The molecule has 0 amide bonds. The summed E-state index contributed by atoms with van der Waals surface area (Å²) in [5.74, 6) is 0. The maximum absolute atomic E-state index is 5.10. The van der Waals surface area contributed by atoms with Gasteiger partial charge < -0.3 is 0 Å². The molecule has 4 rings (SSSR count). The predicted molar refractivity (Wildman–Crippen MR) is 98.5 cm³/mol. The molecule has 0 fully saturated rings. The first kappa shape index (κ1) is 14.6. The normalized spacial score (nSPS) is 19.5. The summed E-state index contributed by atoms with van der Waals surface area (Å²) in [4.78, 5) is 5.30. The van der Waals surface area contributed by atoms with Gasteiger partial charge in [0, 0.05) is 18.0 Å². The zero-order chi connectivity index (χ0) is 16.2. The Morgan fingerprint density at radius 1 is 1.04 bits per heavy atom. The number of alkyl halides is 1. The van der Waals surface area contributed by atoms with E-state index in [0.29, 0.717) is 0 Å². The van der Waals surface area contributed by atoms with E-state index in [0.717, 1.165) is 22.3 Å². The van der Waals surface area contributed by atoms with Crippen LogP contribution in [-0.4, -0.2) is 21.0 Å². The van der Waals surface area contributed by atoms with Gasteiger partial charge in [-0.05, 0) is 25.5 Å². The van der Waals surface area contributed by atoms with Crippen molar-refractivity contribution in [3.63, 3.8) is 0 Å². The number of halogens is 1. The highest BCUT2D eigenvalue weighted by molar-refractivity contribution is 9.09. The molecule has 1 unspecified atom stereocenters. The lowest BCUT2D eigenvalue weighted by molar-refractivity contribution is 0.508. The molecule has 1 aromatic heterocycles. The molecule has 1 atom stereocenters. The molecular weight excluding hydrogens is 350 g/mol. The van der Waals surface area contributed by atoms with Gasteiger partial charge in [-0.1, -0.05) is 58.4 Å². The smallest absolute Gasteiger partial charge is 0.0944 e. The fourth-order valence-corrected chi connectivity index (χ4v) is 3.83. The van der Waals surface area contributed by atoms with Gasteiger partial charge in [-0.25, -0.2) is 0 Å². The number of aromatic nitrogens is 2. The number of benzene rings is 2. The third kappa shape index (κ3) is 2.16. The van der Waals surface area contributed by atoms with Crippen molar-refractivity contribution in [2.75, 3.05) is 0 Å². The van der Waals surface area contributed by atoms with Gasteiger partial charge in [0.2, 0.25) is 0 Å². The monoisotopic (exact) mass is 367 g/mol. The molecule has 0 radical (unpaired) electrons. The molecule has 2 aromatic carbocycles. The minimum absolute atomic E-state index is 0.203. The molecule has 2 heterocycles. The summed E-state index contributed by atoms with van der Waals surface area (Å²) in [5, 5.41) is 5.80. The fourth-order valence-electron chi connectivity index (χ4n) is 3.33. The van der Waals surface area contributed by atoms with Crippen LogP contribution in [0, 0.1) is 0 Å². The lowest BCUT2D eigenvalue weighted by Gasteiger charge is -2.34.